The first-order valence-corrected chi connectivity index (χ1v) is 10.2. The summed E-state index contributed by atoms with van der Waals surface area (Å²) in [6.07, 6.45) is 4.05. The molecule has 8 heteroatoms. The molecule has 0 aromatic carbocycles. The predicted octanol–water partition coefficient (Wildman–Crippen LogP) is 0.384. The van der Waals surface area contributed by atoms with E-state index in [1.54, 1.807) is 7.11 Å². The number of aliphatic imine (C=N–C) groups is 1. The Hall–Kier alpha value is -1.15. The molecule has 0 radical (unpaired) electrons. The first-order valence-electron chi connectivity index (χ1n) is 8.78. The van der Waals surface area contributed by atoms with Crippen LogP contribution in [0.25, 0.3) is 0 Å². The Balaban J connectivity index is 2.50. The third kappa shape index (κ3) is 8.10. The molecular weight excluding hydrogens is 328 g/mol. The van der Waals surface area contributed by atoms with Gasteiger partial charge in [-0.15, -0.1) is 0 Å². The number of nitrogens with one attached hydrogen (secondary N) is 3. The second-order valence-electron chi connectivity index (χ2n) is 5.84. The molecule has 0 bridgehead atoms. The monoisotopic (exact) mass is 360 g/mol. The molecule has 3 atom stereocenters. The molecule has 0 aromatic heterocycles. The molecule has 7 nitrogen and oxygen atoms in total. The van der Waals surface area contributed by atoms with Crippen LogP contribution in [0.1, 0.15) is 39.5 Å². The highest BCUT2D eigenvalue weighted by molar-refractivity contribution is 7.85. The van der Waals surface area contributed by atoms with Crippen molar-refractivity contribution in [3.8, 4) is 0 Å². The van der Waals surface area contributed by atoms with E-state index in [0.29, 0.717) is 24.9 Å². The number of nitrogens with zero attached hydrogens (tertiary/aromatic N) is 1. The number of carbonyl (C=O) groups excluding carboxylic acids is 1. The van der Waals surface area contributed by atoms with Crippen molar-refractivity contribution in [2.75, 3.05) is 39.1 Å². The third-order valence-corrected chi connectivity index (χ3v) is 5.72. The number of amides is 1. The molecule has 1 saturated carbocycles. The number of hydrogen-bond donors (Lipinski definition) is 3. The number of methoxy groups -OCH3 is 1. The van der Waals surface area contributed by atoms with Crippen LogP contribution in [0.4, 0.5) is 0 Å². The van der Waals surface area contributed by atoms with Crippen molar-refractivity contribution in [1.29, 1.82) is 0 Å². The van der Waals surface area contributed by atoms with Gasteiger partial charge in [0.05, 0.1) is 6.61 Å². The Morgan fingerprint density at radius 2 is 2.08 bits per heavy atom. The number of carbonyl (C=O) groups is 1. The summed E-state index contributed by atoms with van der Waals surface area (Å²) >= 11 is 0. The van der Waals surface area contributed by atoms with E-state index in [1.165, 1.54) is 0 Å². The van der Waals surface area contributed by atoms with Gasteiger partial charge in [0.1, 0.15) is 6.54 Å². The summed E-state index contributed by atoms with van der Waals surface area (Å²) in [6.45, 7) is 5.75. The van der Waals surface area contributed by atoms with E-state index in [-0.39, 0.29) is 23.7 Å². The van der Waals surface area contributed by atoms with E-state index in [1.807, 2.05) is 13.8 Å². The molecule has 0 aliphatic heterocycles. The lowest BCUT2D eigenvalue weighted by molar-refractivity contribution is -0.119. The standard InChI is InChI=1S/C16H32N4O3S/c1-4-17-16(19-12-15(21)18-9-10-23-3)20-13-7-6-8-14(11-13)24(22)5-2/h13-14H,4-12H2,1-3H3,(H,18,21)(H2,17,19,20). The fourth-order valence-corrected chi connectivity index (χ4v) is 4.11. The van der Waals surface area contributed by atoms with E-state index >= 15 is 0 Å². The van der Waals surface area contributed by atoms with Crippen LogP contribution in [0.15, 0.2) is 4.99 Å². The maximum atomic E-state index is 12.0. The maximum Gasteiger partial charge on any atom is 0.241 e. The van der Waals surface area contributed by atoms with Crippen LogP contribution < -0.4 is 16.0 Å². The lowest BCUT2D eigenvalue weighted by Crippen LogP contribution is -2.47. The SMILES string of the molecule is CCNC(=NCC(=O)NCCOC)NC1CCCC(S(=O)CC)C1. The summed E-state index contributed by atoms with van der Waals surface area (Å²) in [6, 6.07) is 0.258. The summed E-state index contributed by atoms with van der Waals surface area (Å²) in [7, 11) is 0.853. The minimum absolute atomic E-state index is 0.0795. The average Bonchev–Trinajstić information content (AvgIpc) is 2.59. The van der Waals surface area contributed by atoms with Gasteiger partial charge in [0.2, 0.25) is 5.91 Å². The topological polar surface area (TPSA) is 91.8 Å². The fourth-order valence-electron chi connectivity index (χ4n) is 2.76. The average molecular weight is 361 g/mol. The summed E-state index contributed by atoms with van der Waals surface area (Å²) in [4.78, 5) is 16.1. The number of ether oxygens (including phenoxy) is 1. The predicted molar refractivity (Wildman–Crippen MR) is 98.7 cm³/mol. The van der Waals surface area contributed by atoms with Gasteiger partial charge in [-0.05, 0) is 26.2 Å². The van der Waals surface area contributed by atoms with Crippen LogP contribution in [0.3, 0.4) is 0 Å². The van der Waals surface area contributed by atoms with Gasteiger partial charge < -0.3 is 20.7 Å². The van der Waals surface area contributed by atoms with Crippen LogP contribution in [0.2, 0.25) is 0 Å². The minimum atomic E-state index is -0.745. The summed E-state index contributed by atoms with van der Waals surface area (Å²) in [5.74, 6) is 1.23. The second-order valence-corrected chi connectivity index (χ2v) is 7.84. The molecule has 1 aliphatic rings. The quantitative estimate of drug-likeness (QED) is 0.314. The zero-order chi connectivity index (χ0) is 17.8. The Labute approximate surface area is 147 Å². The van der Waals surface area contributed by atoms with Gasteiger partial charge in [0.25, 0.3) is 0 Å². The highest BCUT2D eigenvalue weighted by atomic mass is 32.2. The Morgan fingerprint density at radius 1 is 1.29 bits per heavy atom. The van der Waals surface area contributed by atoms with Crippen LogP contribution in [0, 0.1) is 0 Å². The van der Waals surface area contributed by atoms with Gasteiger partial charge in [-0.25, -0.2) is 4.99 Å². The second kappa shape index (κ2) is 12.2. The van der Waals surface area contributed by atoms with Crippen molar-refractivity contribution in [2.24, 2.45) is 4.99 Å². The smallest absolute Gasteiger partial charge is 0.241 e. The van der Waals surface area contributed by atoms with E-state index in [2.05, 4.69) is 20.9 Å². The molecular formula is C16H32N4O3S. The van der Waals surface area contributed by atoms with Gasteiger partial charge in [-0.1, -0.05) is 13.3 Å². The molecule has 1 amide bonds. The molecule has 24 heavy (non-hydrogen) atoms. The molecule has 140 valence electrons. The summed E-state index contributed by atoms with van der Waals surface area (Å²) < 4.78 is 16.9. The van der Waals surface area contributed by atoms with Crippen LogP contribution in [-0.4, -0.2) is 66.5 Å². The largest absolute Gasteiger partial charge is 0.383 e. The van der Waals surface area contributed by atoms with Gasteiger partial charge >= 0.3 is 0 Å². The zero-order valence-corrected chi connectivity index (χ0v) is 15.9. The van der Waals surface area contributed by atoms with Crippen molar-refractivity contribution >= 4 is 22.7 Å². The Kier molecular flexibility index (Phi) is 10.7. The van der Waals surface area contributed by atoms with Crippen LogP contribution in [0.5, 0.6) is 0 Å². The molecule has 3 unspecified atom stereocenters. The lowest BCUT2D eigenvalue weighted by Gasteiger charge is -2.30. The Bertz CT molecular complexity index is 432. The molecule has 0 spiro atoms. The summed E-state index contributed by atoms with van der Waals surface area (Å²) in [5.41, 5.74) is 0. The zero-order valence-electron chi connectivity index (χ0n) is 15.1. The van der Waals surface area contributed by atoms with E-state index in [9.17, 15) is 9.00 Å². The molecule has 1 rings (SSSR count). The normalized spacial score (nSPS) is 22.7. The van der Waals surface area contributed by atoms with E-state index in [0.717, 1.165) is 32.2 Å². The number of guanidine groups is 1. The minimum Gasteiger partial charge on any atom is -0.383 e. The van der Waals surface area contributed by atoms with Gasteiger partial charge in [0, 0.05) is 48.0 Å². The van der Waals surface area contributed by atoms with Gasteiger partial charge in [-0.3, -0.25) is 9.00 Å². The van der Waals surface area contributed by atoms with Crippen molar-refractivity contribution < 1.29 is 13.7 Å². The maximum absolute atomic E-state index is 12.0. The van der Waals surface area contributed by atoms with Gasteiger partial charge in [0.15, 0.2) is 5.96 Å². The molecule has 0 aromatic rings. The summed E-state index contributed by atoms with van der Waals surface area (Å²) in [5, 5.41) is 9.57. The molecule has 0 saturated heterocycles. The highest BCUT2D eigenvalue weighted by Gasteiger charge is 2.26. The third-order valence-electron chi connectivity index (χ3n) is 3.98. The van der Waals surface area contributed by atoms with Crippen molar-refractivity contribution in [2.45, 2.75) is 50.8 Å². The molecule has 0 heterocycles. The molecule has 1 aliphatic carbocycles. The molecule has 1 fully saturated rings. The van der Waals surface area contributed by atoms with Crippen LogP contribution in [-0.2, 0) is 20.3 Å². The highest BCUT2D eigenvalue weighted by Crippen LogP contribution is 2.22. The van der Waals surface area contributed by atoms with Crippen molar-refractivity contribution in [3.05, 3.63) is 0 Å². The Morgan fingerprint density at radius 3 is 2.75 bits per heavy atom. The number of rotatable bonds is 9. The molecule has 3 N–H and O–H groups in total. The van der Waals surface area contributed by atoms with Crippen LogP contribution >= 0.6 is 0 Å². The first kappa shape index (κ1) is 20.9. The fraction of sp³-hybridized carbons (Fsp3) is 0.875. The lowest BCUT2D eigenvalue weighted by atomic mass is 9.95. The van der Waals surface area contributed by atoms with Crippen molar-refractivity contribution in [1.82, 2.24) is 16.0 Å². The van der Waals surface area contributed by atoms with Crippen molar-refractivity contribution in [3.63, 3.8) is 0 Å². The van der Waals surface area contributed by atoms with E-state index in [4.69, 9.17) is 4.74 Å². The van der Waals surface area contributed by atoms with E-state index < -0.39 is 10.8 Å². The number of hydrogen-bond acceptors (Lipinski definition) is 4. The van der Waals surface area contributed by atoms with Gasteiger partial charge in [-0.2, -0.15) is 0 Å². The first-order chi connectivity index (χ1) is 11.6.